The van der Waals surface area contributed by atoms with Crippen LogP contribution in [0.5, 0.6) is 0 Å². The van der Waals surface area contributed by atoms with Crippen LogP contribution in [0.1, 0.15) is 36.0 Å². The molecule has 1 spiro atoms. The third-order valence-electron chi connectivity index (χ3n) is 3.87. The van der Waals surface area contributed by atoms with Gasteiger partial charge in [0.1, 0.15) is 0 Å². The monoisotopic (exact) mass is 264 g/mol. The molecule has 5 heteroatoms. The molecule has 0 bridgehead atoms. The Labute approximate surface area is 110 Å². The van der Waals surface area contributed by atoms with Crippen LogP contribution in [0.15, 0.2) is 16.8 Å². The fourth-order valence-electron chi connectivity index (χ4n) is 2.95. The first kappa shape index (κ1) is 11.7. The van der Waals surface area contributed by atoms with Crippen molar-refractivity contribution >= 4 is 23.2 Å². The largest absolute Gasteiger partial charge is 0.349 e. The van der Waals surface area contributed by atoms with Crippen molar-refractivity contribution in [3.05, 3.63) is 22.4 Å². The van der Waals surface area contributed by atoms with Gasteiger partial charge in [-0.25, -0.2) is 0 Å². The standard InChI is InChI=1S/C13H16N2O2S/c16-11-2-5-13(14-11)4-1-6-15(9-13)12(17)10-3-7-18-8-10/h3,7-8H,1-2,4-6,9H2,(H,14,16). The molecule has 1 aromatic heterocycles. The molecular formula is C13H16N2O2S. The lowest BCUT2D eigenvalue weighted by Crippen LogP contribution is -2.55. The molecule has 1 N–H and O–H groups in total. The van der Waals surface area contributed by atoms with E-state index in [-0.39, 0.29) is 17.4 Å². The highest BCUT2D eigenvalue weighted by Crippen LogP contribution is 2.30. The van der Waals surface area contributed by atoms with E-state index in [1.807, 2.05) is 21.7 Å². The van der Waals surface area contributed by atoms with Gasteiger partial charge in [-0.3, -0.25) is 9.59 Å². The molecule has 0 aliphatic carbocycles. The number of hydrogen-bond donors (Lipinski definition) is 1. The zero-order valence-electron chi connectivity index (χ0n) is 10.1. The van der Waals surface area contributed by atoms with E-state index in [0.717, 1.165) is 31.4 Å². The quantitative estimate of drug-likeness (QED) is 0.838. The third-order valence-corrected chi connectivity index (χ3v) is 4.55. The van der Waals surface area contributed by atoms with Crippen molar-refractivity contribution in [2.24, 2.45) is 0 Å². The van der Waals surface area contributed by atoms with Crippen LogP contribution in [0.25, 0.3) is 0 Å². The Kier molecular flexibility index (Phi) is 2.86. The van der Waals surface area contributed by atoms with Gasteiger partial charge in [-0.05, 0) is 30.7 Å². The number of carbonyl (C=O) groups excluding carboxylic acids is 2. The zero-order valence-corrected chi connectivity index (χ0v) is 11.0. The molecule has 1 atom stereocenters. The van der Waals surface area contributed by atoms with Gasteiger partial charge >= 0.3 is 0 Å². The zero-order chi connectivity index (χ0) is 12.6. The Morgan fingerprint density at radius 1 is 1.44 bits per heavy atom. The Morgan fingerprint density at radius 3 is 3.00 bits per heavy atom. The van der Waals surface area contributed by atoms with Gasteiger partial charge in [0.15, 0.2) is 0 Å². The molecule has 2 aliphatic heterocycles. The van der Waals surface area contributed by atoms with E-state index in [1.54, 1.807) is 0 Å². The van der Waals surface area contributed by atoms with Crippen LogP contribution in [0.2, 0.25) is 0 Å². The summed E-state index contributed by atoms with van der Waals surface area (Å²) in [6.07, 6.45) is 3.42. The average molecular weight is 264 g/mol. The molecule has 1 aromatic rings. The van der Waals surface area contributed by atoms with Gasteiger partial charge in [0, 0.05) is 24.9 Å². The maximum atomic E-state index is 12.3. The molecule has 18 heavy (non-hydrogen) atoms. The maximum Gasteiger partial charge on any atom is 0.254 e. The highest BCUT2D eigenvalue weighted by molar-refractivity contribution is 7.08. The smallest absolute Gasteiger partial charge is 0.254 e. The summed E-state index contributed by atoms with van der Waals surface area (Å²) in [6.45, 7) is 1.46. The fourth-order valence-corrected chi connectivity index (χ4v) is 3.58. The third kappa shape index (κ3) is 2.03. The Hall–Kier alpha value is -1.36. The van der Waals surface area contributed by atoms with Gasteiger partial charge in [0.25, 0.3) is 5.91 Å². The molecule has 2 fully saturated rings. The summed E-state index contributed by atoms with van der Waals surface area (Å²) in [5.41, 5.74) is 0.613. The van der Waals surface area contributed by atoms with Crippen molar-refractivity contribution in [1.82, 2.24) is 10.2 Å². The molecule has 1 unspecified atom stereocenters. The van der Waals surface area contributed by atoms with E-state index >= 15 is 0 Å². The second kappa shape index (κ2) is 4.39. The minimum Gasteiger partial charge on any atom is -0.349 e. The van der Waals surface area contributed by atoms with E-state index < -0.39 is 0 Å². The summed E-state index contributed by atoms with van der Waals surface area (Å²) in [5, 5.41) is 6.88. The number of hydrogen-bond acceptors (Lipinski definition) is 3. The number of amides is 2. The van der Waals surface area contributed by atoms with Crippen molar-refractivity contribution in [1.29, 1.82) is 0 Å². The first-order chi connectivity index (χ1) is 8.69. The average Bonchev–Trinajstić information content (AvgIpc) is 2.99. The highest BCUT2D eigenvalue weighted by Gasteiger charge is 2.42. The van der Waals surface area contributed by atoms with Gasteiger partial charge in [-0.15, -0.1) is 0 Å². The molecule has 96 valence electrons. The molecular weight excluding hydrogens is 248 g/mol. The minimum atomic E-state index is -0.152. The van der Waals surface area contributed by atoms with E-state index in [4.69, 9.17) is 0 Å². The predicted molar refractivity (Wildman–Crippen MR) is 69.6 cm³/mol. The molecule has 2 saturated heterocycles. The maximum absolute atomic E-state index is 12.3. The molecule has 0 saturated carbocycles. The molecule has 0 aromatic carbocycles. The number of likely N-dealkylation sites (tertiary alicyclic amines) is 1. The number of thiophene rings is 1. The first-order valence-electron chi connectivity index (χ1n) is 6.31. The number of rotatable bonds is 1. The second-order valence-electron chi connectivity index (χ2n) is 5.17. The van der Waals surface area contributed by atoms with Crippen molar-refractivity contribution in [3.63, 3.8) is 0 Å². The number of nitrogens with one attached hydrogen (secondary N) is 1. The summed E-state index contributed by atoms with van der Waals surface area (Å²) in [7, 11) is 0. The van der Waals surface area contributed by atoms with Crippen LogP contribution in [-0.2, 0) is 4.79 Å². The van der Waals surface area contributed by atoms with E-state index in [0.29, 0.717) is 13.0 Å². The first-order valence-corrected chi connectivity index (χ1v) is 7.25. The Balaban J connectivity index is 1.75. The summed E-state index contributed by atoms with van der Waals surface area (Å²) in [6, 6.07) is 1.86. The Morgan fingerprint density at radius 2 is 2.33 bits per heavy atom. The fraction of sp³-hybridized carbons (Fsp3) is 0.538. The van der Waals surface area contributed by atoms with Gasteiger partial charge < -0.3 is 10.2 Å². The van der Waals surface area contributed by atoms with E-state index in [1.165, 1.54) is 11.3 Å². The van der Waals surface area contributed by atoms with Crippen LogP contribution in [0.3, 0.4) is 0 Å². The highest BCUT2D eigenvalue weighted by atomic mass is 32.1. The van der Waals surface area contributed by atoms with E-state index in [9.17, 15) is 9.59 Å². The summed E-state index contributed by atoms with van der Waals surface area (Å²) in [5.74, 6) is 0.219. The normalized spacial score (nSPS) is 27.6. The molecule has 4 nitrogen and oxygen atoms in total. The van der Waals surface area contributed by atoms with Crippen LogP contribution >= 0.6 is 11.3 Å². The lowest BCUT2D eigenvalue weighted by atomic mass is 9.87. The van der Waals surface area contributed by atoms with Crippen LogP contribution < -0.4 is 5.32 Å². The molecule has 3 heterocycles. The van der Waals surface area contributed by atoms with Gasteiger partial charge in [-0.2, -0.15) is 11.3 Å². The van der Waals surface area contributed by atoms with Crippen molar-refractivity contribution in [2.45, 2.75) is 31.2 Å². The van der Waals surface area contributed by atoms with Gasteiger partial charge in [0.2, 0.25) is 5.91 Å². The topological polar surface area (TPSA) is 49.4 Å². The number of piperidine rings is 1. The van der Waals surface area contributed by atoms with Gasteiger partial charge in [-0.1, -0.05) is 0 Å². The predicted octanol–water partition coefficient (Wildman–Crippen LogP) is 1.63. The number of nitrogens with zero attached hydrogens (tertiary/aromatic N) is 1. The lowest BCUT2D eigenvalue weighted by molar-refractivity contribution is -0.120. The summed E-state index contributed by atoms with van der Waals surface area (Å²) < 4.78 is 0. The van der Waals surface area contributed by atoms with Crippen molar-refractivity contribution in [2.75, 3.05) is 13.1 Å². The van der Waals surface area contributed by atoms with Gasteiger partial charge in [0.05, 0.1) is 11.1 Å². The molecule has 2 amide bonds. The molecule has 2 aliphatic rings. The van der Waals surface area contributed by atoms with Crippen molar-refractivity contribution in [3.8, 4) is 0 Å². The van der Waals surface area contributed by atoms with Crippen molar-refractivity contribution < 1.29 is 9.59 Å². The van der Waals surface area contributed by atoms with Crippen LogP contribution in [0, 0.1) is 0 Å². The second-order valence-corrected chi connectivity index (χ2v) is 5.95. The number of carbonyl (C=O) groups is 2. The SMILES string of the molecule is O=C1CCC2(CCCN(C(=O)c3ccsc3)C2)N1. The Bertz CT molecular complexity index is 471. The molecule has 0 radical (unpaired) electrons. The molecule has 3 rings (SSSR count). The lowest BCUT2D eigenvalue weighted by Gasteiger charge is -2.40. The van der Waals surface area contributed by atoms with E-state index in [2.05, 4.69) is 5.32 Å². The summed E-state index contributed by atoms with van der Waals surface area (Å²) >= 11 is 1.54. The minimum absolute atomic E-state index is 0.0940. The van der Waals surface area contributed by atoms with Crippen LogP contribution in [0.4, 0.5) is 0 Å². The summed E-state index contributed by atoms with van der Waals surface area (Å²) in [4.78, 5) is 25.6. The van der Waals surface area contributed by atoms with Crippen LogP contribution in [-0.4, -0.2) is 35.3 Å².